The average molecular weight is 241 g/mol. The van der Waals surface area contributed by atoms with Gasteiger partial charge in [-0.2, -0.15) is 0 Å². The molecule has 0 aliphatic carbocycles. The first-order chi connectivity index (χ1) is 8.38. The van der Waals surface area contributed by atoms with Crippen LogP contribution in [0.2, 0.25) is 0 Å². The number of ether oxygens (including phenoxy) is 1. The van der Waals surface area contributed by atoms with Gasteiger partial charge in [-0.25, -0.2) is 0 Å². The quantitative estimate of drug-likeness (QED) is 0.621. The van der Waals surface area contributed by atoms with E-state index in [9.17, 15) is 0 Å². The smallest absolute Gasteiger partial charge is 0.0615 e. The van der Waals surface area contributed by atoms with Crippen molar-refractivity contribution in [3.63, 3.8) is 0 Å². The van der Waals surface area contributed by atoms with Crippen molar-refractivity contribution in [1.82, 2.24) is 5.32 Å². The zero-order valence-electron chi connectivity index (χ0n) is 11.8. The molecule has 0 saturated carbocycles. The Kier molecular flexibility index (Phi) is 8.72. The van der Waals surface area contributed by atoms with E-state index in [4.69, 9.17) is 4.74 Å². The van der Waals surface area contributed by atoms with Crippen molar-refractivity contribution >= 4 is 0 Å². The van der Waals surface area contributed by atoms with Crippen LogP contribution in [0, 0.1) is 5.92 Å². The lowest BCUT2D eigenvalue weighted by molar-refractivity contribution is -0.0312. The van der Waals surface area contributed by atoms with Gasteiger partial charge in [0.25, 0.3) is 0 Å². The van der Waals surface area contributed by atoms with Crippen LogP contribution in [0.15, 0.2) is 0 Å². The van der Waals surface area contributed by atoms with E-state index in [0.29, 0.717) is 6.10 Å². The van der Waals surface area contributed by atoms with Gasteiger partial charge in [0, 0.05) is 13.2 Å². The van der Waals surface area contributed by atoms with Crippen LogP contribution in [-0.2, 0) is 4.74 Å². The Labute approximate surface area is 108 Å². The van der Waals surface area contributed by atoms with Crippen LogP contribution in [0.3, 0.4) is 0 Å². The van der Waals surface area contributed by atoms with Gasteiger partial charge in [-0.15, -0.1) is 0 Å². The summed E-state index contributed by atoms with van der Waals surface area (Å²) in [6, 6.07) is 0. The number of hydrogen-bond acceptors (Lipinski definition) is 2. The molecule has 1 N–H and O–H groups in total. The van der Waals surface area contributed by atoms with E-state index in [1.807, 2.05) is 0 Å². The van der Waals surface area contributed by atoms with Gasteiger partial charge in [0.05, 0.1) is 6.10 Å². The summed E-state index contributed by atoms with van der Waals surface area (Å²) in [7, 11) is 0. The Bertz CT molecular complexity index is 172. The van der Waals surface area contributed by atoms with Gasteiger partial charge in [0.1, 0.15) is 0 Å². The Balaban J connectivity index is 2.17. The molecule has 0 amide bonds. The molecule has 0 radical (unpaired) electrons. The Morgan fingerprint density at radius 2 is 2.00 bits per heavy atom. The second kappa shape index (κ2) is 9.90. The number of rotatable bonds is 9. The molecular formula is C15H31NO. The van der Waals surface area contributed by atoms with Crippen molar-refractivity contribution < 1.29 is 4.74 Å². The minimum absolute atomic E-state index is 0.532. The minimum atomic E-state index is 0.532. The van der Waals surface area contributed by atoms with E-state index in [1.54, 1.807) is 0 Å². The highest BCUT2D eigenvalue weighted by atomic mass is 16.5. The summed E-state index contributed by atoms with van der Waals surface area (Å²) >= 11 is 0. The summed E-state index contributed by atoms with van der Waals surface area (Å²) in [5.74, 6) is 0.761. The van der Waals surface area contributed by atoms with Gasteiger partial charge in [0.15, 0.2) is 0 Å². The Morgan fingerprint density at radius 1 is 1.12 bits per heavy atom. The lowest BCUT2D eigenvalue weighted by Gasteiger charge is -2.32. The number of nitrogens with one attached hydrogen (secondary N) is 1. The molecule has 1 fully saturated rings. The summed E-state index contributed by atoms with van der Waals surface area (Å²) in [4.78, 5) is 0. The predicted octanol–water partition coefficient (Wildman–Crippen LogP) is 3.75. The maximum absolute atomic E-state index is 5.96. The fraction of sp³-hybridized carbons (Fsp3) is 1.00. The van der Waals surface area contributed by atoms with Gasteiger partial charge in [-0.05, 0) is 38.1 Å². The molecule has 0 bridgehead atoms. The third kappa shape index (κ3) is 6.42. The first kappa shape index (κ1) is 15.0. The minimum Gasteiger partial charge on any atom is -0.378 e. The van der Waals surface area contributed by atoms with Crippen LogP contribution >= 0.6 is 0 Å². The topological polar surface area (TPSA) is 21.3 Å². The zero-order chi connectivity index (χ0) is 12.3. The van der Waals surface area contributed by atoms with Crippen molar-refractivity contribution in [2.24, 2.45) is 5.92 Å². The van der Waals surface area contributed by atoms with Crippen LogP contribution < -0.4 is 5.32 Å². The molecule has 2 unspecified atom stereocenters. The van der Waals surface area contributed by atoms with Gasteiger partial charge >= 0.3 is 0 Å². The molecule has 17 heavy (non-hydrogen) atoms. The average Bonchev–Trinajstić information content (AvgIpc) is 2.36. The third-order valence-corrected chi connectivity index (χ3v) is 3.75. The molecular weight excluding hydrogens is 210 g/mol. The van der Waals surface area contributed by atoms with Crippen molar-refractivity contribution in [3.8, 4) is 0 Å². The molecule has 2 atom stereocenters. The third-order valence-electron chi connectivity index (χ3n) is 3.75. The second-order valence-corrected chi connectivity index (χ2v) is 5.37. The summed E-state index contributed by atoms with van der Waals surface area (Å²) in [6.45, 7) is 7.80. The summed E-state index contributed by atoms with van der Waals surface area (Å²) < 4.78 is 5.96. The molecule has 1 aliphatic rings. The summed E-state index contributed by atoms with van der Waals surface area (Å²) in [5, 5.41) is 3.56. The Hall–Kier alpha value is -0.0800. The molecule has 102 valence electrons. The van der Waals surface area contributed by atoms with Gasteiger partial charge in [-0.1, -0.05) is 39.5 Å². The van der Waals surface area contributed by atoms with Gasteiger partial charge in [-0.3, -0.25) is 0 Å². The van der Waals surface area contributed by atoms with Crippen molar-refractivity contribution in [2.75, 3.05) is 19.7 Å². The molecule has 2 nitrogen and oxygen atoms in total. The van der Waals surface area contributed by atoms with Gasteiger partial charge < -0.3 is 10.1 Å². The van der Waals surface area contributed by atoms with E-state index >= 15 is 0 Å². The number of hydrogen-bond donors (Lipinski definition) is 1. The van der Waals surface area contributed by atoms with Crippen LogP contribution in [0.25, 0.3) is 0 Å². The maximum Gasteiger partial charge on any atom is 0.0615 e. The normalized spacial score (nSPS) is 25.1. The molecule has 0 spiro atoms. The van der Waals surface area contributed by atoms with E-state index in [-0.39, 0.29) is 0 Å². The second-order valence-electron chi connectivity index (χ2n) is 5.37. The van der Waals surface area contributed by atoms with Crippen LogP contribution in [0.5, 0.6) is 0 Å². The highest BCUT2D eigenvalue weighted by Gasteiger charge is 2.24. The van der Waals surface area contributed by atoms with E-state index in [1.165, 1.54) is 51.4 Å². The van der Waals surface area contributed by atoms with Crippen LogP contribution in [-0.4, -0.2) is 25.8 Å². The van der Waals surface area contributed by atoms with Gasteiger partial charge in [0.2, 0.25) is 0 Å². The Morgan fingerprint density at radius 3 is 2.76 bits per heavy atom. The standard InChI is InChI=1S/C15H31NO/c1-3-5-6-7-10-15-14(9-8-12-17-15)13-16-11-4-2/h14-16H,3-13H2,1-2H3. The van der Waals surface area contributed by atoms with E-state index in [2.05, 4.69) is 19.2 Å². The number of unbranched alkanes of at least 4 members (excludes halogenated alkanes) is 3. The fourth-order valence-electron chi connectivity index (χ4n) is 2.69. The van der Waals surface area contributed by atoms with Crippen LogP contribution in [0.1, 0.15) is 65.2 Å². The zero-order valence-corrected chi connectivity index (χ0v) is 11.8. The van der Waals surface area contributed by atoms with Crippen molar-refractivity contribution in [1.29, 1.82) is 0 Å². The molecule has 1 heterocycles. The van der Waals surface area contributed by atoms with E-state index < -0.39 is 0 Å². The highest BCUT2D eigenvalue weighted by Crippen LogP contribution is 2.24. The van der Waals surface area contributed by atoms with Crippen LogP contribution in [0.4, 0.5) is 0 Å². The predicted molar refractivity (Wildman–Crippen MR) is 74.4 cm³/mol. The fourth-order valence-corrected chi connectivity index (χ4v) is 2.69. The first-order valence-corrected chi connectivity index (χ1v) is 7.70. The lowest BCUT2D eigenvalue weighted by Crippen LogP contribution is -2.37. The first-order valence-electron chi connectivity index (χ1n) is 7.70. The highest BCUT2D eigenvalue weighted by molar-refractivity contribution is 4.76. The molecule has 1 rings (SSSR count). The summed E-state index contributed by atoms with van der Waals surface area (Å²) in [6.07, 6.45) is 11.1. The monoisotopic (exact) mass is 241 g/mol. The SMILES string of the molecule is CCCCCCC1OCCCC1CNCCC. The summed E-state index contributed by atoms with van der Waals surface area (Å²) in [5.41, 5.74) is 0. The van der Waals surface area contributed by atoms with Crippen molar-refractivity contribution in [2.45, 2.75) is 71.3 Å². The van der Waals surface area contributed by atoms with E-state index in [0.717, 1.165) is 25.6 Å². The maximum atomic E-state index is 5.96. The van der Waals surface area contributed by atoms with Crippen molar-refractivity contribution in [3.05, 3.63) is 0 Å². The largest absolute Gasteiger partial charge is 0.378 e. The molecule has 0 aromatic heterocycles. The molecule has 1 aliphatic heterocycles. The molecule has 2 heteroatoms. The lowest BCUT2D eigenvalue weighted by atomic mass is 9.90. The molecule has 0 aromatic carbocycles. The molecule has 1 saturated heterocycles. The molecule has 0 aromatic rings.